The third kappa shape index (κ3) is 2.30. The highest BCUT2D eigenvalue weighted by Crippen LogP contribution is 2.17. The lowest BCUT2D eigenvalue weighted by Gasteiger charge is -1.94. The molecular weight excluding hydrogens is 216 g/mol. The van der Waals surface area contributed by atoms with Gasteiger partial charge in [-0.15, -0.1) is 22.9 Å². The van der Waals surface area contributed by atoms with Crippen LogP contribution in [0.1, 0.15) is 15.4 Å². The van der Waals surface area contributed by atoms with E-state index in [4.69, 9.17) is 11.6 Å². The largest absolute Gasteiger partial charge is 0.264 e. The first-order valence-corrected chi connectivity index (χ1v) is 5.62. The fraction of sp³-hybridized carbons (Fsp3) is 0.200. The van der Waals surface area contributed by atoms with Gasteiger partial charge in [-0.1, -0.05) is 6.07 Å². The quantitative estimate of drug-likeness (QED) is 0.750. The third-order valence-electron chi connectivity index (χ3n) is 1.81. The van der Waals surface area contributed by atoms with E-state index in [1.54, 1.807) is 17.5 Å². The molecule has 0 fully saturated rings. The number of alkyl halides is 1. The van der Waals surface area contributed by atoms with Crippen molar-refractivity contribution in [2.75, 3.05) is 0 Å². The van der Waals surface area contributed by atoms with E-state index in [0.717, 1.165) is 16.3 Å². The molecular formula is C10H9ClN2S. The molecule has 0 spiro atoms. The highest BCUT2D eigenvalue weighted by atomic mass is 35.5. The lowest BCUT2D eigenvalue weighted by Crippen LogP contribution is -1.86. The van der Waals surface area contributed by atoms with Crippen molar-refractivity contribution in [2.24, 2.45) is 0 Å². The number of halogens is 1. The van der Waals surface area contributed by atoms with Crippen molar-refractivity contribution in [1.82, 2.24) is 9.97 Å². The number of aromatic nitrogens is 2. The third-order valence-corrected chi connectivity index (χ3v) is 3.25. The predicted octanol–water partition coefficient (Wildman–Crippen LogP) is 2.87. The van der Waals surface area contributed by atoms with E-state index >= 15 is 0 Å². The molecule has 0 aliphatic rings. The first-order chi connectivity index (χ1) is 6.88. The molecule has 0 aromatic carbocycles. The van der Waals surface area contributed by atoms with E-state index in [2.05, 4.69) is 16.0 Å². The molecule has 0 radical (unpaired) electrons. The van der Waals surface area contributed by atoms with Gasteiger partial charge in [0.25, 0.3) is 0 Å². The van der Waals surface area contributed by atoms with Crippen LogP contribution in [-0.2, 0) is 12.3 Å². The molecule has 72 valence electrons. The summed E-state index contributed by atoms with van der Waals surface area (Å²) >= 11 is 7.36. The molecule has 0 saturated heterocycles. The Labute approximate surface area is 91.6 Å². The number of thiazole rings is 1. The van der Waals surface area contributed by atoms with Crippen LogP contribution in [0.3, 0.4) is 0 Å². The summed E-state index contributed by atoms with van der Waals surface area (Å²) in [6, 6.07) is 3.99. The van der Waals surface area contributed by atoms with Crippen molar-refractivity contribution in [3.63, 3.8) is 0 Å². The van der Waals surface area contributed by atoms with Crippen molar-refractivity contribution in [3.05, 3.63) is 46.2 Å². The molecule has 14 heavy (non-hydrogen) atoms. The minimum Gasteiger partial charge on any atom is -0.264 e. The van der Waals surface area contributed by atoms with Crippen LogP contribution < -0.4 is 0 Å². The fourth-order valence-electron chi connectivity index (χ4n) is 1.17. The minimum absolute atomic E-state index is 0.546. The Morgan fingerprint density at radius 2 is 2.29 bits per heavy atom. The Balaban J connectivity index is 2.11. The zero-order valence-electron chi connectivity index (χ0n) is 7.48. The maximum Gasteiger partial charge on any atom is 0.0972 e. The van der Waals surface area contributed by atoms with Crippen LogP contribution in [0.2, 0.25) is 0 Å². The minimum atomic E-state index is 0.546. The summed E-state index contributed by atoms with van der Waals surface area (Å²) in [5, 5.41) is 1.09. The molecule has 2 heterocycles. The van der Waals surface area contributed by atoms with Crippen LogP contribution in [0.25, 0.3) is 0 Å². The van der Waals surface area contributed by atoms with Gasteiger partial charge in [0.2, 0.25) is 0 Å². The van der Waals surface area contributed by atoms with E-state index in [1.165, 1.54) is 5.56 Å². The number of nitrogens with zero attached hydrogens (tertiary/aromatic N) is 2. The van der Waals surface area contributed by atoms with Gasteiger partial charge in [0.15, 0.2) is 0 Å². The summed E-state index contributed by atoms with van der Waals surface area (Å²) in [7, 11) is 0. The number of hydrogen-bond acceptors (Lipinski definition) is 3. The van der Waals surface area contributed by atoms with E-state index in [-0.39, 0.29) is 0 Å². The summed E-state index contributed by atoms with van der Waals surface area (Å²) in [5.74, 6) is 0.546. The first kappa shape index (κ1) is 9.62. The van der Waals surface area contributed by atoms with Gasteiger partial charge >= 0.3 is 0 Å². The SMILES string of the molecule is ClCc1cnc(Cc2cccnc2)s1. The molecule has 0 aliphatic carbocycles. The molecule has 0 saturated carbocycles. The molecule has 2 nitrogen and oxygen atoms in total. The molecule has 0 bridgehead atoms. The zero-order chi connectivity index (χ0) is 9.80. The van der Waals surface area contributed by atoms with E-state index < -0.39 is 0 Å². The zero-order valence-corrected chi connectivity index (χ0v) is 9.05. The van der Waals surface area contributed by atoms with Crippen molar-refractivity contribution in [2.45, 2.75) is 12.3 Å². The summed E-state index contributed by atoms with van der Waals surface area (Å²) < 4.78 is 0. The van der Waals surface area contributed by atoms with E-state index in [1.807, 2.05) is 18.5 Å². The van der Waals surface area contributed by atoms with Crippen LogP contribution in [0.4, 0.5) is 0 Å². The Kier molecular flexibility index (Phi) is 3.11. The molecule has 2 rings (SSSR count). The predicted molar refractivity (Wildman–Crippen MR) is 58.7 cm³/mol. The molecule has 4 heteroatoms. The summed E-state index contributed by atoms with van der Waals surface area (Å²) in [4.78, 5) is 9.46. The smallest absolute Gasteiger partial charge is 0.0972 e. The number of rotatable bonds is 3. The summed E-state index contributed by atoms with van der Waals surface area (Å²) in [6.07, 6.45) is 6.32. The fourth-order valence-corrected chi connectivity index (χ4v) is 2.21. The van der Waals surface area contributed by atoms with Gasteiger partial charge in [-0.2, -0.15) is 0 Å². The van der Waals surface area contributed by atoms with Crippen molar-refractivity contribution >= 4 is 22.9 Å². The second kappa shape index (κ2) is 4.53. The average Bonchev–Trinajstić information content (AvgIpc) is 2.67. The van der Waals surface area contributed by atoms with Crippen molar-refractivity contribution < 1.29 is 0 Å². The molecule has 0 atom stereocenters. The van der Waals surface area contributed by atoms with Gasteiger partial charge in [-0.25, -0.2) is 4.98 Å². The maximum atomic E-state index is 5.70. The van der Waals surface area contributed by atoms with Crippen LogP contribution in [-0.4, -0.2) is 9.97 Å². The molecule has 0 unspecified atom stereocenters. The van der Waals surface area contributed by atoms with E-state index in [9.17, 15) is 0 Å². The Bertz CT molecular complexity index is 400. The molecule has 2 aromatic rings. The normalized spacial score (nSPS) is 10.4. The lowest BCUT2D eigenvalue weighted by molar-refractivity contribution is 1.11. The summed E-state index contributed by atoms with van der Waals surface area (Å²) in [6.45, 7) is 0. The topological polar surface area (TPSA) is 25.8 Å². The molecule has 0 aliphatic heterocycles. The Hall–Kier alpha value is -0.930. The van der Waals surface area contributed by atoms with Gasteiger partial charge in [-0.05, 0) is 11.6 Å². The average molecular weight is 225 g/mol. The highest BCUT2D eigenvalue weighted by molar-refractivity contribution is 7.11. The van der Waals surface area contributed by atoms with Crippen LogP contribution in [0.5, 0.6) is 0 Å². The van der Waals surface area contributed by atoms with Gasteiger partial charge < -0.3 is 0 Å². The van der Waals surface area contributed by atoms with Gasteiger partial charge in [0.1, 0.15) is 0 Å². The van der Waals surface area contributed by atoms with E-state index in [0.29, 0.717) is 5.88 Å². The lowest BCUT2D eigenvalue weighted by atomic mass is 10.2. The molecule has 0 N–H and O–H groups in total. The van der Waals surface area contributed by atoms with Gasteiger partial charge in [-0.3, -0.25) is 4.98 Å². The molecule has 0 amide bonds. The summed E-state index contributed by atoms with van der Waals surface area (Å²) in [5.41, 5.74) is 1.18. The second-order valence-corrected chi connectivity index (χ2v) is 4.36. The standard InChI is InChI=1S/C10H9ClN2S/c11-5-9-7-13-10(14-9)4-8-2-1-3-12-6-8/h1-3,6-7H,4-5H2. The van der Waals surface area contributed by atoms with Gasteiger partial charge in [0, 0.05) is 29.9 Å². The Morgan fingerprint density at radius 1 is 1.36 bits per heavy atom. The molecule has 2 aromatic heterocycles. The van der Waals surface area contributed by atoms with Crippen LogP contribution in [0.15, 0.2) is 30.7 Å². The second-order valence-electron chi connectivity index (χ2n) is 2.89. The Morgan fingerprint density at radius 3 is 2.93 bits per heavy atom. The van der Waals surface area contributed by atoms with Gasteiger partial charge in [0.05, 0.1) is 10.9 Å². The highest BCUT2D eigenvalue weighted by Gasteiger charge is 2.01. The monoisotopic (exact) mass is 224 g/mol. The maximum absolute atomic E-state index is 5.70. The van der Waals surface area contributed by atoms with Crippen molar-refractivity contribution in [3.8, 4) is 0 Å². The van der Waals surface area contributed by atoms with Crippen molar-refractivity contribution in [1.29, 1.82) is 0 Å². The van der Waals surface area contributed by atoms with Crippen LogP contribution >= 0.6 is 22.9 Å². The number of pyridine rings is 1. The first-order valence-electron chi connectivity index (χ1n) is 4.27. The van der Waals surface area contributed by atoms with Crippen LogP contribution in [0, 0.1) is 0 Å². The number of hydrogen-bond donors (Lipinski definition) is 0.